The van der Waals surface area contributed by atoms with E-state index in [1.54, 1.807) is 7.11 Å². The normalized spacial score (nSPS) is 20.7. The molecule has 0 amide bonds. The van der Waals surface area contributed by atoms with Crippen LogP contribution < -0.4 is 9.47 Å². The van der Waals surface area contributed by atoms with Crippen molar-refractivity contribution in [2.45, 2.75) is 25.4 Å². The van der Waals surface area contributed by atoms with Gasteiger partial charge in [-0.15, -0.1) is 0 Å². The zero-order chi connectivity index (χ0) is 19.9. The molecule has 0 N–H and O–H groups in total. The summed E-state index contributed by atoms with van der Waals surface area (Å²) in [6.45, 7) is 7.03. The summed E-state index contributed by atoms with van der Waals surface area (Å²) in [5.41, 5.74) is 2.33. The predicted molar refractivity (Wildman–Crippen MR) is 112 cm³/mol. The fraction of sp³-hybridized carbons (Fsp3) is 0.522. The molecule has 0 aliphatic carbocycles. The van der Waals surface area contributed by atoms with Gasteiger partial charge >= 0.3 is 0 Å². The highest BCUT2D eigenvalue weighted by atomic mass is 16.5. The Morgan fingerprint density at radius 2 is 2.00 bits per heavy atom. The van der Waals surface area contributed by atoms with E-state index >= 15 is 0 Å². The van der Waals surface area contributed by atoms with E-state index in [4.69, 9.17) is 14.2 Å². The van der Waals surface area contributed by atoms with Crippen LogP contribution in [-0.2, 0) is 11.3 Å². The van der Waals surface area contributed by atoms with Gasteiger partial charge in [0.1, 0.15) is 6.61 Å². The smallest absolute Gasteiger partial charge is 0.165 e. The lowest BCUT2D eigenvalue weighted by atomic mass is 10.1. The van der Waals surface area contributed by atoms with Gasteiger partial charge in [0, 0.05) is 37.9 Å². The molecule has 156 valence electrons. The molecule has 1 aromatic heterocycles. The molecule has 0 radical (unpaired) electrons. The first kappa shape index (κ1) is 20.1. The van der Waals surface area contributed by atoms with Crippen molar-refractivity contribution in [3.05, 3.63) is 53.9 Å². The van der Waals surface area contributed by atoms with E-state index in [0.717, 1.165) is 69.6 Å². The van der Waals surface area contributed by atoms with Crippen LogP contribution in [0.5, 0.6) is 11.5 Å². The van der Waals surface area contributed by atoms with Gasteiger partial charge in [-0.1, -0.05) is 18.2 Å². The molecule has 3 heterocycles. The van der Waals surface area contributed by atoms with Crippen LogP contribution in [-0.4, -0.2) is 67.9 Å². The van der Waals surface area contributed by atoms with Crippen LogP contribution in [0.25, 0.3) is 0 Å². The van der Waals surface area contributed by atoms with E-state index < -0.39 is 0 Å². The van der Waals surface area contributed by atoms with Crippen LogP contribution in [0, 0.1) is 0 Å². The Labute approximate surface area is 173 Å². The van der Waals surface area contributed by atoms with Gasteiger partial charge in [-0.05, 0) is 37.6 Å². The van der Waals surface area contributed by atoms with E-state index in [-0.39, 0.29) is 0 Å². The van der Waals surface area contributed by atoms with Crippen LogP contribution in [0.2, 0.25) is 0 Å². The molecule has 1 unspecified atom stereocenters. The summed E-state index contributed by atoms with van der Waals surface area (Å²) in [4.78, 5) is 9.49. The number of rotatable bonds is 8. The molecule has 0 saturated carbocycles. The summed E-state index contributed by atoms with van der Waals surface area (Å²) in [5.74, 6) is 1.67. The molecular formula is C23H31N3O3. The van der Waals surface area contributed by atoms with Gasteiger partial charge < -0.3 is 14.2 Å². The minimum Gasteiger partial charge on any atom is -0.493 e. The van der Waals surface area contributed by atoms with Gasteiger partial charge in [0.05, 0.1) is 32.1 Å². The van der Waals surface area contributed by atoms with Gasteiger partial charge in [-0.25, -0.2) is 0 Å². The van der Waals surface area contributed by atoms with E-state index in [2.05, 4.69) is 39.0 Å². The topological polar surface area (TPSA) is 47.1 Å². The maximum atomic E-state index is 6.26. The summed E-state index contributed by atoms with van der Waals surface area (Å²) in [5, 5.41) is 0. The van der Waals surface area contributed by atoms with Crippen LogP contribution in [0.4, 0.5) is 0 Å². The number of hydrogen-bond acceptors (Lipinski definition) is 6. The lowest BCUT2D eigenvalue weighted by Gasteiger charge is -2.27. The molecule has 1 aromatic carbocycles. The number of pyridine rings is 1. The monoisotopic (exact) mass is 397 g/mol. The number of morpholine rings is 1. The van der Waals surface area contributed by atoms with Gasteiger partial charge in [-0.2, -0.15) is 0 Å². The molecule has 1 atom stereocenters. The number of hydrogen-bond donors (Lipinski definition) is 0. The summed E-state index contributed by atoms with van der Waals surface area (Å²) >= 11 is 0. The Hall–Kier alpha value is -2.15. The number of nitrogens with zero attached hydrogens (tertiary/aromatic N) is 3. The highest BCUT2D eigenvalue weighted by Crippen LogP contribution is 2.36. The fourth-order valence-corrected chi connectivity index (χ4v) is 4.25. The first-order chi connectivity index (χ1) is 14.3. The van der Waals surface area contributed by atoms with Crippen molar-refractivity contribution in [2.75, 3.05) is 53.1 Å². The first-order valence-electron chi connectivity index (χ1n) is 10.6. The second-order valence-corrected chi connectivity index (χ2v) is 7.63. The maximum Gasteiger partial charge on any atom is 0.165 e. The second kappa shape index (κ2) is 10.1. The van der Waals surface area contributed by atoms with Crippen molar-refractivity contribution in [1.29, 1.82) is 0 Å². The summed E-state index contributed by atoms with van der Waals surface area (Å²) in [7, 11) is 1.71. The molecule has 29 heavy (non-hydrogen) atoms. The molecule has 2 aliphatic rings. The van der Waals surface area contributed by atoms with E-state index in [9.17, 15) is 0 Å². The molecule has 2 aromatic rings. The summed E-state index contributed by atoms with van der Waals surface area (Å²) in [6.07, 6.45) is 4.23. The van der Waals surface area contributed by atoms with Gasteiger partial charge in [0.25, 0.3) is 0 Å². The lowest BCUT2D eigenvalue weighted by molar-refractivity contribution is 0.0320. The number of benzene rings is 1. The molecule has 2 saturated heterocycles. The molecule has 0 bridgehead atoms. The molecule has 4 rings (SSSR count). The molecule has 6 nitrogen and oxygen atoms in total. The second-order valence-electron chi connectivity index (χ2n) is 7.63. The highest BCUT2D eigenvalue weighted by molar-refractivity contribution is 5.46. The lowest BCUT2D eigenvalue weighted by Crippen LogP contribution is -2.38. The van der Waals surface area contributed by atoms with Crippen molar-refractivity contribution in [1.82, 2.24) is 14.8 Å². The highest BCUT2D eigenvalue weighted by Gasteiger charge is 2.28. The van der Waals surface area contributed by atoms with E-state index in [1.165, 1.54) is 12.0 Å². The standard InChI is InChI=1S/C23H31N3O3/c1-27-22-9-4-6-19(23(22)29-17-14-25-12-15-28-16-13-25)18-26-11-5-8-21(26)20-7-2-3-10-24-20/h2-4,6-7,9-10,21H,5,8,11-18H2,1H3. The van der Waals surface area contributed by atoms with Crippen LogP contribution in [0.3, 0.4) is 0 Å². The minimum absolute atomic E-state index is 0.364. The van der Waals surface area contributed by atoms with Crippen molar-refractivity contribution < 1.29 is 14.2 Å². The third kappa shape index (κ3) is 5.07. The number of ether oxygens (including phenoxy) is 3. The predicted octanol–water partition coefficient (Wildman–Crippen LogP) is 3.14. The zero-order valence-electron chi connectivity index (χ0n) is 17.3. The number of methoxy groups -OCH3 is 1. The van der Waals surface area contributed by atoms with Gasteiger partial charge in [0.15, 0.2) is 11.5 Å². The molecule has 2 fully saturated rings. The van der Waals surface area contributed by atoms with Crippen molar-refractivity contribution in [3.63, 3.8) is 0 Å². The van der Waals surface area contributed by atoms with Crippen LogP contribution in [0.1, 0.15) is 30.1 Å². The molecule has 6 heteroatoms. The zero-order valence-corrected chi connectivity index (χ0v) is 17.3. The molecule has 0 spiro atoms. The van der Waals surface area contributed by atoms with Crippen molar-refractivity contribution in [2.24, 2.45) is 0 Å². The summed E-state index contributed by atoms with van der Waals surface area (Å²) in [6, 6.07) is 12.7. The third-order valence-corrected chi connectivity index (χ3v) is 5.80. The molecule has 2 aliphatic heterocycles. The Balaban J connectivity index is 1.45. The SMILES string of the molecule is COc1cccc(CN2CCCC2c2ccccn2)c1OCCN1CCOCC1. The third-order valence-electron chi connectivity index (χ3n) is 5.80. The Morgan fingerprint density at radius 1 is 1.10 bits per heavy atom. The van der Waals surface area contributed by atoms with Crippen LogP contribution in [0.15, 0.2) is 42.6 Å². The Bertz CT molecular complexity index is 765. The van der Waals surface area contributed by atoms with Crippen molar-refractivity contribution >= 4 is 0 Å². The number of para-hydroxylation sites is 1. The Kier molecular flexibility index (Phi) is 6.98. The van der Waals surface area contributed by atoms with E-state index in [0.29, 0.717) is 12.6 Å². The molecular weight excluding hydrogens is 366 g/mol. The quantitative estimate of drug-likeness (QED) is 0.682. The average Bonchev–Trinajstić information content (AvgIpc) is 3.24. The van der Waals surface area contributed by atoms with Gasteiger partial charge in [-0.3, -0.25) is 14.8 Å². The minimum atomic E-state index is 0.364. The van der Waals surface area contributed by atoms with Gasteiger partial charge in [0.2, 0.25) is 0 Å². The first-order valence-corrected chi connectivity index (χ1v) is 10.6. The fourth-order valence-electron chi connectivity index (χ4n) is 4.25. The average molecular weight is 398 g/mol. The van der Waals surface area contributed by atoms with Crippen LogP contribution >= 0.6 is 0 Å². The number of likely N-dealkylation sites (tertiary alicyclic amines) is 1. The van der Waals surface area contributed by atoms with E-state index in [1.807, 2.05) is 18.3 Å². The Morgan fingerprint density at radius 3 is 2.79 bits per heavy atom. The summed E-state index contributed by atoms with van der Waals surface area (Å²) < 4.78 is 17.3. The number of aromatic nitrogens is 1. The largest absolute Gasteiger partial charge is 0.493 e. The van der Waals surface area contributed by atoms with Crippen molar-refractivity contribution in [3.8, 4) is 11.5 Å². The maximum absolute atomic E-state index is 6.26.